The fourth-order valence-corrected chi connectivity index (χ4v) is 4.30. The van der Waals surface area contributed by atoms with Gasteiger partial charge < -0.3 is 14.7 Å². The molecular formula is C27H31FN4O3. The average molecular weight is 479 g/mol. The van der Waals surface area contributed by atoms with Gasteiger partial charge in [0, 0.05) is 49.7 Å². The number of pyridine rings is 2. The summed E-state index contributed by atoms with van der Waals surface area (Å²) in [6.45, 7) is 5.49. The largest absolute Gasteiger partial charge is 0.472 e. The first-order chi connectivity index (χ1) is 16.9. The summed E-state index contributed by atoms with van der Waals surface area (Å²) >= 11 is 0. The van der Waals surface area contributed by atoms with Crippen molar-refractivity contribution in [3.8, 4) is 17.0 Å². The van der Waals surface area contributed by atoms with E-state index in [-0.39, 0.29) is 42.3 Å². The van der Waals surface area contributed by atoms with Crippen LogP contribution >= 0.6 is 0 Å². The zero-order valence-corrected chi connectivity index (χ0v) is 20.3. The minimum atomic E-state index is -0.362. The molecule has 0 saturated heterocycles. The summed E-state index contributed by atoms with van der Waals surface area (Å²) in [5, 5.41) is 9.84. The van der Waals surface area contributed by atoms with Gasteiger partial charge in [0.15, 0.2) is 0 Å². The summed E-state index contributed by atoms with van der Waals surface area (Å²) in [5.74, 6) is -0.312. The van der Waals surface area contributed by atoms with E-state index in [1.807, 2.05) is 39.2 Å². The molecular weight excluding hydrogens is 447 g/mol. The molecule has 1 aliphatic rings. The topological polar surface area (TPSA) is 78.8 Å². The average Bonchev–Trinajstić information content (AvgIpc) is 2.86. The van der Waals surface area contributed by atoms with Gasteiger partial charge in [0.25, 0.3) is 5.91 Å². The lowest BCUT2D eigenvalue weighted by Crippen LogP contribution is -2.49. The number of nitrogens with zero attached hydrogens (tertiary/aromatic N) is 4. The number of carbonyl (C=O) groups excluding carboxylic acids is 1. The highest BCUT2D eigenvalue weighted by Crippen LogP contribution is 2.30. The van der Waals surface area contributed by atoms with Crippen LogP contribution in [0.15, 0.2) is 61.1 Å². The number of aliphatic hydroxyl groups is 1. The van der Waals surface area contributed by atoms with Gasteiger partial charge in [-0.15, -0.1) is 0 Å². The number of hydrogen-bond donors (Lipinski definition) is 1. The quantitative estimate of drug-likeness (QED) is 0.559. The molecule has 0 spiro atoms. The van der Waals surface area contributed by atoms with Crippen molar-refractivity contribution in [2.75, 3.05) is 26.7 Å². The lowest BCUT2D eigenvalue weighted by atomic mass is 9.99. The number of halogens is 1. The van der Waals surface area contributed by atoms with Crippen molar-refractivity contribution >= 4 is 5.91 Å². The third-order valence-corrected chi connectivity index (χ3v) is 6.37. The number of hydrogen-bond acceptors (Lipinski definition) is 6. The SMILES string of the molecule is C[C@H](CO)N1C[C@H](C)[C@@H](CN(C)Cc2cccnc2)Oc2ncc(-c3ccc(F)cc3)cc2C1=O. The second-order valence-corrected chi connectivity index (χ2v) is 9.26. The van der Waals surface area contributed by atoms with Crippen LogP contribution in [0, 0.1) is 11.7 Å². The van der Waals surface area contributed by atoms with Gasteiger partial charge in [-0.3, -0.25) is 14.7 Å². The minimum absolute atomic E-state index is 0.00368. The number of ether oxygens (including phenoxy) is 1. The maximum atomic E-state index is 13.6. The fraction of sp³-hybridized carbons (Fsp3) is 0.370. The molecule has 2 aromatic heterocycles. The molecule has 1 N–H and O–H groups in total. The van der Waals surface area contributed by atoms with Crippen LogP contribution in [0.2, 0.25) is 0 Å². The van der Waals surface area contributed by atoms with Gasteiger partial charge in [-0.05, 0) is 49.4 Å². The van der Waals surface area contributed by atoms with E-state index in [1.165, 1.54) is 12.1 Å². The van der Waals surface area contributed by atoms with Gasteiger partial charge in [0.2, 0.25) is 5.88 Å². The number of fused-ring (bicyclic) bond motifs is 1. The van der Waals surface area contributed by atoms with Crippen LogP contribution in [0.3, 0.4) is 0 Å². The summed E-state index contributed by atoms with van der Waals surface area (Å²) in [6, 6.07) is 11.4. The van der Waals surface area contributed by atoms with Crippen LogP contribution in [-0.4, -0.2) is 69.7 Å². The standard InChI is InChI=1S/C27H31FN4O3/c1-18-14-32(19(2)17-33)27(34)24-11-22(21-6-8-23(28)9-7-21)13-30-26(24)35-25(18)16-31(3)15-20-5-4-10-29-12-20/h4-13,18-19,25,33H,14-17H2,1-3H3/t18-,19+,25+/m0/s1. The second kappa shape index (κ2) is 10.9. The molecule has 0 unspecified atom stereocenters. The zero-order chi connectivity index (χ0) is 24.9. The Kier molecular flexibility index (Phi) is 7.73. The van der Waals surface area contributed by atoms with Crippen LogP contribution in [0.4, 0.5) is 4.39 Å². The highest BCUT2D eigenvalue weighted by molar-refractivity contribution is 5.98. The van der Waals surface area contributed by atoms with Crippen LogP contribution < -0.4 is 4.74 Å². The lowest BCUT2D eigenvalue weighted by Gasteiger charge is -2.37. The number of aliphatic hydroxyl groups excluding tert-OH is 1. The van der Waals surface area contributed by atoms with Crippen LogP contribution in [0.25, 0.3) is 11.1 Å². The number of likely N-dealkylation sites (N-methyl/N-ethyl adjacent to an activating group) is 1. The van der Waals surface area contributed by atoms with E-state index in [0.717, 1.165) is 11.1 Å². The Morgan fingerprint density at radius 1 is 1.23 bits per heavy atom. The number of amides is 1. The van der Waals surface area contributed by atoms with E-state index in [1.54, 1.807) is 35.5 Å². The second-order valence-electron chi connectivity index (χ2n) is 9.26. The first-order valence-electron chi connectivity index (χ1n) is 11.8. The van der Waals surface area contributed by atoms with Crippen LogP contribution in [0.5, 0.6) is 5.88 Å². The van der Waals surface area contributed by atoms with Crippen molar-refractivity contribution in [1.82, 2.24) is 19.8 Å². The number of benzene rings is 1. The Morgan fingerprint density at radius 2 is 2.00 bits per heavy atom. The minimum Gasteiger partial charge on any atom is -0.472 e. The molecule has 0 fully saturated rings. The predicted molar refractivity (Wildman–Crippen MR) is 131 cm³/mol. The number of rotatable bonds is 7. The van der Waals surface area contributed by atoms with Gasteiger partial charge in [-0.1, -0.05) is 25.1 Å². The first-order valence-corrected chi connectivity index (χ1v) is 11.8. The summed E-state index contributed by atoms with van der Waals surface area (Å²) < 4.78 is 19.8. The molecule has 4 rings (SSSR count). The van der Waals surface area contributed by atoms with Gasteiger partial charge in [0.05, 0.1) is 12.6 Å². The number of carbonyl (C=O) groups is 1. The Labute approximate surface area is 205 Å². The summed E-state index contributed by atoms with van der Waals surface area (Å²) in [7, 11) is 2.02. The van der Waals surface area contributed by atoms with E-state index in [2.05, 4.69) is 14.9 Å². The third kappa shape index (κ3) is 5.83. The molecule has 0 bridgehead atoms. The molecule has 1 aromatic carbocycles. The van der Waals surface area contributed by atoms with E-state index in [4.69, 9.17) is 4.74 Å². The van der Waals surface area contributed by atoms with Crippen molar-refractivity contribution in [2.24, 2.45) is 5.92 Å². The molecule has 0 saturated carbocycles. The van der Waals surface area contributed by atoms with Crippen molar-refractivity contribution in [2.45, 2.75) is 32.5 Å². The monoisotopic (exact) mass is 478 g/mol. The van der Waals surface area contributed by atoms with E-state index in [0.29, 0.717) is 30.8 Å². The molecule has 0 aliphatic carbocycles. The van der Waals surface area contributed by atoms with Crippen molar-refractivity contribution in [1.29, 1.82) is 0 Å². The lowest BCUT2D eigenvalue weighted by molar-refractivity contribution is 0.0325. The zero-order valence-electron chi connectivity index (χ0n) is 20.3. The molecule has 7 nitrogen and oxygen atoms in total. The third-order valence-electron chi connectivity index (χ3n) is 6.37. The summed E-state index contributed by atoms with van der Waals surface area (Å²) in [5.41, 5.74) is 2.87. The highest BCUT2D eigenvalue weighted by atomic mass is 19.1. The fourth-order valence-electron chi connectivity index (χ4n) is 4.30. The van der Waals surface area contributed by atoms with Gasteiger partial charge in [0.1, 0.15) is 17.5 Å². The van der Waals surface area contributed by atoms with E-state index >= 15 is 0 Å². The Morgan fingerprint density at radius 3 is 2.69 bits per heavy atom. The van der Waals surface area contributed by atoms with Crippen LogP contribution in [0.1, 0.15) is 29.8 Å². The van der Waals surface area contributed by atoms with E-state index in [9.17, 15) is 14.3 Å². The van der Waals surface area contributed by atoms with Crippen LogP contribution in [-0.2, 0) is 6.54 Å². The summed E-state index contributed by atoms with van der Waals surface area (Å²) in [4.78, 5) is 26.1. The first kappa shape index (κ1) is 24.8. The van der Waals surface area contributed by atoms with Gasteiger partial charge in [-0.25, -0.2) is 9.37 Å². The Hall–Kier alpha value is -3.36. The Balaban J connectivity index is 1.65. The predicted octanol–water partition coefficient (Wildman–Crippen LogP) is 3.63. The molecule has 8 heteroatoms. The normalized spacial score (nSPS) is 19.0. The van der Waals surface area contributed by atoms with Crippen molar-refractivity contribution in [3.05, 3.63) is 78.0 Å². The van der Waals surface area contributed by atoms with Crippen molar-refractivity contribution < 1.29 is 19.0 Å². The van der Waals surface area contributed by atoms with Gasteiger partial charge >= 0.3 is 0 Å². The molecule has 0 radical (unpaired) electrons. The highest BCUT2D eigenvalue weighted by Gasteiger charge is 2.34. The molecule has 35 heavy (non-hydrogen) atoms. The van der Waals surface area contributed by atoms with Gasteiger partial charge in [-0.2, -0.15) is 0 Å². The maximum absolute atomic E-state index is 13.6. The molecule has 1 amide bonds. The smallest absolute Gasteiger partial charge is 0.259 e. The number of aromatic nitrogens is 2. The molecule has 3 aromatic rings. The molecule has 184 valence electrons. The van der Waals surface area contributed by atoms with Crippen molar-refractivity contribution in [3.63, 3.8) is 0 Å². The molecule has 3 heterocycles. The molecule has 1 aliphatic heterocycles. The van der Waals surface area contributed by atoms with E-state index < -0.39 is 0 Å². The Bertz CT molecular complexity index is 1140. The molecule has 3 atom stereocenters. The maximum Gasteiger partial charge on any atom is 0.259 e. The summed E-state index contributed by atoms with van der Waals surface area (Å²) in [6.07, 6.45) is 5.00.